The first-order valence-corrected chi connectivity index (χ1v) is 11.3. The zero-order chi connectivity index (χ0) is 25.3. The minimum absolute atomic E-state index is 0.00287. The van der Waals surface area contributed by atoms with E-state index in [0.29, 0.717) is 36.3 Å². The first kappa shape index (κ1) is 24.0. The van der Waals surface area contributed by atoms with Crippen LogP contribution < -0.4 is 0 Å². The van der Waals surface area contributed by atoms with Gasteiger partial charge in [-0.1, -0.05) is 29.8 Å². The Labute approximate surface area is 203 Å². The monoisotopic (exact) mass is 476 g/mol. The van der Waals surface area contributed by atoms with E-state index in [0.717, 1.165) is 11.1 Å². The molecule has 1 amide bonds. The lowest BCUT2D eigenvalue weighted by atomic mass is 9.93. The summed E-state index contributed by atoms with van der Waals surface area (Å²) < 4.78 is 6.72. The van der Waals surface area contributed by atoms with Gasteiger partial charge in [-0.25, -0.2) is 9.78 Å². The molecule has 3 heterocycles. The maximum Gasteiger partial charge on any atom is 0.354 e. The van der Waals surface area contributed by atoms with Crippen molar-refractivity contribution in [2.24, 2.45) is 0 Å². The predicted molar refractivity (Wildman–Crippen MR) is 129 cm³/mol. The molecule has 1 atom stereocenters. The number of methoxy groups -OCH3 is 1. The maximum absolute atomic E-state index is 13.3. The van der Waals surface area contributed by atoms with Crippen molar-refractivity contribution in [3.63, 3.8) is 0 Å². The average Bonchev–Trinajstić information content (AvgIpc) is 3.52. The summed E-state index contributed by atoms with van der Waals surface area (Å²) in [7, 11) is 1.27. The first-order chi connectivity index (χ1) is 16.7. The molecule has 4 rings (SSSR count). The van der Waals surface area contributed by atoms with Crippen molar-refractivity contribution in [3.8, 4) is 0 Å². The molecule has 0 saturated carbocycles. The summed E-state index contributed by atoms with van der Waals surface area (Å²) in [6.07, 6.45) is 5.81. The van der Waals surface area contributed by atoms with E-state index in [-0.39, 0.29) is 17.0 Å². The summed E-state index contributed by atoms with van der Waals surface area (Å²) in [5.74, 6) is -2.32. The van der Waals surface area contributed by atoms with Crippen molar-refractivity contribution >= 4 is 23.4 Å². The molecule has 2 aromatic heterocycles. The third kappa shape index (κ3) is 4.37. The Hall–Kier alpha value is -4.14. The minimum Gasteiger partial charge on any atom is -0.507 e. The Balaban J connectivity index is 1.79. The van der Waals surface area contributed by atoms with Gasteiger partial charge in [-0.05, 0) is 38.3 Å². The normalized spacial score (nSPS) is 17.3. The molecule has 182 valence electrons. The van der Waals surface area contributed by atoms with Crippen molar-refractivity contribution in [2.45, 2.75) is 39.8 Å². The number of benzene rings is 1. The van der Waals surface area contributed by atoms with E-state index in [2.05, 4.69) is 9.97 Å². The molecule has 35 heavy (non-hydrogen) atoms. The van der Waals surface area contributed by atoms with E-state index in [9.17, 15) is 19.5 Å². The van der Waals surface area contributed by atoms with Gasteiger partial charge in [0.05, 0.1) is 25.1 Å². The number of hydrogen-bond donors (Lipinski definition) is 2. The van der Waals surface area contributed by atoms with Crippen LogP contribution in [0.3, 0.4) is 0 Å². The topological polar surface area (TPSA) is 118 Å². The molecule has 1 aliphatic heterocycles. The third-order valence-electron chi connectivity index (χ3n) is 6.37. The van der Waals surface area contributed by atoms with Crippen LogP contribution in [0.1, 0.15) is 50.9 Å². The zero-order valence-corrected chi connectivity index (χ0v) is 20.2. The number of carbonyl (C=O) groups excluding carboxylic acids is 3. The van der Waals surface area contributed by atoms with Crippen LogP contribution in [0.2, 0.25) is 0 Å². The first-order valence-electron chi connectivity index (χ1n) is 11.3. The highest BCUT2D eigenvalue weighted by Crippen LogP contribution is 2.41. The van der Waals surface area contributed by atoms with E-state index < -0.39 is 23.7 Å². The number of aliphatic hydroxyl groups excluding tert-OH is 1. The number of Topliss-reactive ketones (excluding diaryl/α,β-unsaturated/α-hetero) is 1. The number of aliphatic hydroxyl groups is 1. The highest BCUT2D eigenvalue weighted by atomic mass is 16.5. The molecule has 0 aliphatic carbocycles. The Morgan fingerprint density at radius 3 is 2.49 bits per heavy atom. The summed E-state index contributed by atoms with van der Waals surface area (Å²) in [6, 6.07) is 6.78. The Morgan fingerprint density at radius 1 is 1.14 bits per heavy atom. The molecule has 9 nitrogen and oxygen atoms in total. The molecule has 1 saturated heterocycles. The van der Waals surface area contributed by atoms with Crippen molar-refractivity contribution in [1.29, 1.82) is 0 Å². The molecule has 0 spiro atoms. The number of imidazole rings is 1. The number of esters is 1. The van der Waals surface area contributed by atoms with Crippen LogP contribution >= 0.6 is 0 Å². The van der Waals surface area contributed by atoms with Crippen LogP contribution in [-0.4, -0.2) is 55.9 Å². The van der Waals surface area contributed by atoms with Gasteiger partial charge in [0, 0.05) is 36.7 Å². The smallest absolute Gasteiger partial charge is 0.354 e. The van der Waals surface area contributed by atoms with E-state index >= 15 is 0 Å². The van der Waals surface area contributed by atoms with E-state index in [1.54, 1.807) is 26.4 Å². The molecule has 0 bridgehead atoms. The molecule has 1 aromatic carbocycles. The second-order valence-corrected chi connectivity index (χ2v) is 8.67. The summed E-state index contributed by atoms with van der Waals surface area (Å²) in [6.45, 7) is 6.24. The fourth-order valence-corrected chi connectivity index (χ4v) is 4.59. The standard InChI is InChI=1S/C26H28N4O5/c1-15-6-8-18(9-7-15)22-20(23(31)19-16(2)21(26(34)35-4)28-17(19)3)24(32)25(33)30(22)12-5-11-29-13-10-27-14-29/h6-10,13-14,22,28,31H,5,11-12H2,1-4H3/b23-20+/t22-/m1/s1. The number of aromatic nitrogens is 3. The lowest BCUT2D eigenvalue weighted by molar-refractivity contribution is -0.139. The summed E-state index contributed by atoms with van der Waals surface area (Å²) in [5, 5.41) is 11.4. The molecule has 0 radical (unpaired) electrons. The number of aryl methyl sites for hydroxylation is 3. The van der Waals surface area contributed by atoms with Crippen molar-refractivity contribution in [3.05, 3.63) is 82.2 Å². The number of aromatic amines is 1. The number of rotatable bonds is 7. The van der Waals surface area contributed by atoms with Crippen LogP contribution in [0, 0.1) is 20.8 Å². The van der Waals surface area contributed by atoms with Crippen molar-refractivity contribution < 1.29 is 24.2 Å². The number of nitrogens with one attached hydrogen (secondary N) is 1. The van der Waals surface area contributed by atoms with E-state index in [1.807, 2.05) is 42.0 Å². The number of carbonyl (C=O) groups is 3. The molecular formula is C26H28N4O5. The number of hydrogen-bond acceptors (Lipinski definition) is 6. The Morgan fingerprint density at radius 2 is 1.86 bits per heavy atom. The van der Waals surface area contributed by atoms with Gasteiger partial charge in [0.25, 0.3) is 11.7 Å². The Kier molecular flexibility index (Phi) is 6.59. The number of H-pyrrole nitrogens is 1. The number of likely N-dealkylation sites (tertiary alicyclic amines) is 1. The van der Waals surface area contributed by atoms with Crippen LogP contribution in [-0.2, 0) is 20.9 Å². The van der Waals surface area contributed by atoms with Gasteiger partial charge >= 0.3 is 5.97 Å². The van der Waals surface area contributed by atoms with Crippen molar-refractivity contribution in [2.75, 3.05) is 13.7 Å². The highest BCUT2D eigenvalue weighted by Gasteiger charge is 2.46. The SMILES string of the molecule is COC(=O)c1[nH]c(C)c(/C(O)=C2\C(=O)C(=O)N(CCCn3ccnc3)[C@@H]2c2ccc(C)cc2)c1C. The fourth-order valence-electron chi connectivity index (χ4n) is 4.59. The van der Waals surface area contributed by atoms with E-state index in [1.165, 1.54) is 12.0 Å². The van der Waals surface area contributed by atoms with Gasteiger partial charge in [0.1, 0.15) is 11.5 Å². The van der Waals surface area contributed by atoms with Crippen molar-refractivity contribution in [1.82, 2.24) is 19.4 Å². The quantitative estimate of drug-likeness (QED) is 0.233. The molecule has 1 fully saturated rings. The number of ketones is 1. The van der Waals surface area contributed by atoms with Crippen LogP contribution in [0.25, 0.3) is 5.76 Å². The summed E-state index contributed by atoms with van der Waals surface area (Å²) in [4.78, 5) is 47.0. The molecular weight excluding hydrogens is 448 g/mol. The molecule has 2 N–H and O–H groups in total. The fraction of sp³-hybridized carbons (Fsp3) is 0.308. The lowest BCUT2D eigenvalue weighted by Gasteiger charge is -2.25. The molecule has 3 aromatic rings. The number of amides is 1. The minimum atomic E-state index is -0.756. The molecule has 0 unspecified atom stereocenters. The van der Waals surface area contributed by atoms with Gasteiger partial charge in [0.15, 0.2) is 0 Å². The number of nitrogens with zero attached hydrogens (tertiary/aromatic N) is 3. The largest absolute Gasteiger partial charge is 0.507 e. The second-order valence-electron chi connectivity index (χ2n) is 8.67. The van der Waals surface area contributed by atoms with Crippen LogP contribution in [0.15, 0.2) is 48.6 Å². The second kappa shape index (κ2) is 9.61. The summed E-state index contributed by atoms with van der Waals surface area (Å²) in [5.41, 5.74) is 3.20. The molecule has 1 aliphatic rings. The predicted octanol–water partition coefficient (Wildman–Crippen LogP) is 3.44. The van der Waals surface area contributed by atoms with Gasteiger partial charge < -0.3 is 24.3 Å². The zero-order valence-electron chi connectivity index (χ0n) is 20.2. The Bertz CT molecular complexity index is 1300. The van der Waals surface area contributed by atoms with Crippen LogP contribution in [0.5, 0.6) is 0 Å². The van der Waals surface area contributed by atoms with Gasteiger partial charge in [0.2, 0.25) is 0 Å². The molecule has 9 heteroatoms. The average molecular weight is 477 g/mol. The van der Waals surface area contributed by atoms with E-state index in [4.69, 9.17) is 4.74 Å². The maximum atomic E-state index is 13.3. The number of ether oxygens (including phenoxy) is 1. The third-order valence-corrected chi connectivity index (χ3v) is 6.37. The van der Waals surface area contributed by atoms with Gasteiger partial charge in [-0.3, -0.25) is 9.59 Å². The van der Waals surface area contributed by atoms with Crippen LogP contribution in [0.4, 0.5) is 0 Å². The lowest BCUT2D eigenvalue weighted by Crippen LogP contribution is -2.31. The summed E-state index contributed by atoms with van der Waals surface area (Å²) >= 11 is 0. The van der Waals surface area contributed by atoms with Gasteiger partial charge in [-0.15, -0.1) is 0 Å². The van der Waals surface area contributed by atoms with Gasteiger partial charge in [-0.2, -0.15) is 0 Å². The highest BCUT2D eigenvalue weighted by molar-refractivity contribution is 6.46.